The number of aromatic amines is 1. The average Bonchev–Trinajstić information content (AvgIpc) is 3.20. The summed E-state index contributed by atoms with van der Waals surface area (Å²) in [5.41, 5.74) is 6.25. The van der Waals surface area contributed by atoms with Crippen molar-refractivity contribution in [2.45, 2.75) is 39.2 Å². The average molecular weight is 398 g/mol. The number of rotatable bonds is 8. The molecule has 4 aromatic rings. The van der Waals surface area contributed by atoms with Crippen molar-refractivity contribution in [3.8, 4) is 11.3 Å². The van der Waals surface area contributed by atoms with Gasteiger partial charge < -0.3 is 15.7 Å². The molecule has 0 aliphatic carbocycles. The molecular weight excluding hydrogens is 370 g/mol. The van der Waals surface area contributed by atoms with Crippen molar-refractivity contribution in [1.29, 1.82) is 5.41 Å². The number of nitrogens with zero attached hydrogens (tertiary/aromatic N) is 2. The molecule has 4 rings (SSSR count). The molecule has 0 bridgehead atoms. The number of aromatic nitrogens is 3. The van der Waals surface area contributed by atoms with Crippen LogP contribution >= 0.6 is 0 Å². The summed E-state index contributed by atoms with van der Waals surface area (Å²) in [6.07, 6.45) is 4.47. The lowest BCUT2D eigenvalue weighted by Crippen LogP contribution is -2.08. The summed E-state index contributed by atoms with van der Waals surface area (Å²) in [6, 6.07) is 21.2. The highest BCUT2D eigenvalue weighted by atomic mass is 15.1. The molecule has 0 radical (unpaired) electrons. The van der Waals surface area contributed by atoms with Crippen molar-refractivity contribution >= 4 is 22.6 Å². The molecule has 30 heavy (non-hydrogen) atoms. The highest BCUT2D eigenvalue weighted by Gasteiger charge is 2.12. The zero-order valence-corrected chi connectivity index (χ0v) is 17.4. The van der Waals surface area contributed by atoms with Crippen molar-refractivity contribution in [1.82, 2.24) is 15.0 Å². The van der Waals surface area contributed by atoms with E-state index in [1.165, 1.54) is 11.1 Å². The lowest BCUT2D eigenvalue weighted by atomic mass is 10.0. The Morgan fingerprint density at radius 3 is 2.57 bits per heavy atom. The fourth-order valence-corrected chi connectivity index (χ4v) is 3.65. The molecular formula is C25H27N5. The standard InChI is InChI=1S/C25H27N5/c1-17(26)7-6-8-19-11-13-21(14-12-19)23-15-22-24(27-16-28-25(22)30-23)29-18(2)20-9-4-3-5-10-20/h3-5,9-16,18,26H,6-8H2,1-2H3,(H2,27,28,29,30)/t18-/m1/s1. The van der Waals surface area contributed by atoms with Crippen molar-refractivity contribution in [3.05, 3.63) is 78.1 Å². The van der Waals surface area contributed by atoms with Crippen molar-refractivity contribution in [2.75, 3.05) is 5.32 Å². The zero-order chi connectivity index (χ0) is 20.9. The summed E-state index contributed by atoms with van der Waals surface area (Å²) < 4.78 is 0. The van der Waals surface area contributed by atoms with Crippen LogP contribution < -0.4 is 5.32 Å². The van der Waals surface area contributed by atoms with Gasteiger partial charge in [0.05, 0.1) is 5.39 Å². The predicted octanol–water partition coefficient (Wildman–Crippen LogP) is 6.16. The second-order valence-corrected chi connectivity index (χ2v) is 7.78. The summed E-state index contributed by atoms with van der Waals surface area (Å²) in [7, 11) is 0. The van der Waals surface area contributed by atoms with E-state index in [4.69, 9.17) is 5.41 Å². The van der Waals surface area contributed by atoms with Crippen LogP contribution in [0.25, 0.3) is 22.3 Å². The minimum Gasteiger partial charge on any atom is -0.363 e. The van der Waals surface area contributed by atoms with Crippen molar-refractivity contribution in [3.63, 3.8) is 0 Å². The van der Waals surface area contributed by atoms with E-state index in [2.05, 4.69) is 69.7 Å². The minimum absolute atomic E-state index is 0.145. The fraction of sp³-hybridized carbons (Fsp3) is 0.240. The molecule has 1 atom stereocenters. The smallest absolute Gasteiger partial charge is 0.143 e. The topological polar surface area (TPSA) is 77.5 Å². The van der Waals surface area contributed by atoms with Crippen LogP contribution in [0.15, 0.2) is 67.0 Å². The van der Waals surface area contributed by atoms with Crippen LogP contribution in [0.5, 0.6) is 0 Å². The molecule has 0 spiro atoms. The first-order chi connectivity index (χ1) is 14.6. The van der Waals surface area contributed by atoms with Crippen LogP contribution in [-0.4, -0.2) is 20.7 Å². The molecule has 2 aromatic heterocycles. The van der Waals surface area contributed by atoms with Gasteiger partial charge in [-0.15, -0.1) is 0 Å². The van der Waals surface area contributed by atoms with Gasteiger partial charge in [-0.25, -0.2) is 9.97 Å². The SMILES string of the molecule is CC(=N)CCCc1ccc(-c2cc3c(N[C@H](C)c4ccccc4)ncnc3[nH]2)cc1. The van der Waals surface area contributed by atoms with E-state index in [1.807, 2.05) is 25.1 Å². The largest absolute Gasteiger partial charge is 0.363 e. The third kappa shape index (κ3) is 4.57. The number of nitrogens with one attached hydrogen (secondary N) is 3. The van der Waals surface area contributed by atoms with E-state index < -0.39 is 0 Å². The lowest BCUT2D eigenvalue weighted by Gasteiger charge is -2.15. The van der Waals surface area contributed by atoms with Crippen LogP contribution in [0.3, 0.4) is 0 Å². The number of fused-ring (bicyclic) bond motifs is 1. The summed E-state index contributed by atoms with van der Waals surface area (Å²) >= 11 is 0. The molecule has 0 aliphatic heterocycles. The van der Waals surface area contributed by atoms with Gasteiger partial charge in [-0.3, -0.25) is 0 Å². The van der Waals surface area contributed by atoms with Crippen LogP contribution in [0.4, 0.5) is 5.82 Å². The summed E-state index contributed by atoms with van der Waals surface area (Å²) in [6.45, 7) is 4.00. The Balaban J connectivity index is 1.54. The maximum Gasteiger partial charge on any atom is 0.143 e. The number of H-pyrrole nitrogens is 1. The van der Waals surface area contributed by atoms with Gasteiger partial charge in [0, 0.05) is 17.4 Å². The van der Waals surface area contributed by atoms with Gasteiger partial charge in [0.1, 0.15) is 17.8 Å². The van der Waals surface area contributed by atoms with Gasteiger partial charge in [0.25, 0.3) is 0 Å². The van der Waals surface area contributed by atoms with Crippen molar-refractivity contribution < 1.29 is 0 Å². The maximum absolute atomic E-state index is 7.55. The number of aryl methyl sites for hydroxylation is 1. The Hall–Kier alpha value is -3.47. The third-order valence-corrected chi connectivity index (χ3v) is 5.36. The Kier molecular flexibility index (Phi) is 5.89. The molecule has 152 valence electrons. The molecule has 0 saturated carbocycles. The van der Waals surface area contributed by atoms with E-state index in [-0.39, 0.29) is 6.04 Å². The van der Waals surface area contributed by atoms with Gasteiger partial charge in [0.2, 0.25) is 0 Å². The molecule has 0 amide bonds. The van der Waals surface area contributed by atoms with Crippen LogP contribution in [0.1, 0.15) is 43.9 Å². The van der Waals surface area contributed by atoms with Gasteiger partial charge in [-0.05, 0) is 55.9 Å². The van der Waals surface area contributed by atoms with Crippen LogP contribution in [0, 0.1) is 5.41 Å². The van der Waals surface area contributed by atoms with E-state index in [9.17, 15) is 0 Å². The second kappa shape index (κ2) is 8.91. The number of anilines is 1. The van der Waals surface area contributed by atoms with Crippen LogP contribution in [-0.2, 0) is 6.42 Å². The molecule has 5 heteroatoms. The molecule has 0 aliphatic rings. The first-order valence-electron chi connectivity index (χ1n) is 10.4. The van der Waals surface area contributed by atoms with Crippen LogP contribution in [0.2, 0.25) is 0 Å². The van der Waals surface area contributed by atoms with Gasteiger partial charge in [0.15, 0.2) is 0 Å². The normalized spacial score (nSPS) is 12.1. The number of hydrogen-bond donors (Lipinski definition) is 3. The molecule has 0 saturated heterocycles. The summed E-state index contributed by atoms with van der Waals surface area (Å²) in [4.78, 5) is 12.3. The fourth-order valence-electron chi connectivity index (χ4n) is 3.65. The molecule has 3 N–H and O–H groups in total. The molecule has 0 fully saturated rings. The molecule has 0 unspecified atom stereocenters. The quantitative estimate of drug-likeness (QED) is 0.312. The minimum atomic E-state index is 0.145. The zero-order valence-electron chi connectivity index (χ0n) is 17.4. The maximum atomic E-state index is 7.55. The Morgan fingerprint density at radius 2 is 1.83 bits per heavy atom. The van der Waals surface area contributed by atoms with Gasteiger partial charge >= 0.3 is 0 Å². The predicted molar refractivity (Wildman–Crippen MR) is 124 cm³/mol. The second-order valence-electron chi connectivity index (χ2n) is 7.78. The Morgan fingerprint density at radius 1 is 1.07 bits per heavy atom. The van der Waals surface area contributed by atoms with E-state index in [0.29, 0.717) is 0 Å². The van der Waals surface area contributed by atoms with Crippen molar-refractivity contribution in [2.24, 2.45) is 0 Å². The van der Waals surface area contributed by atoms with Gasteiger partial charge in [-0.2, -0.15) is 0 Å². The summed E-state index contributed by atoms with van der Waals surface area (Å²) in [5.74, 6) is 0.831. The monoisotopic (exact) mass is 397 g/mol. The molecule has 2 heterocycles. The molecule has 5 nitrogen and oxygen atoms in total. The van der Waals surface area contributed by atoms with Gasteiger partial charge in [-0.1, -0.05) is 54.6 Å². The Labute approximate surface area is 177 Å². The van der Waals surface area contributed by atoms with E-state index in [1.54, 1.807) is 6.33 Å². The third-order valence-electron chi connectivity index (χ3n) is 5.36. The number of benzene rings is 2. The Bertz CT molecular complexity index is 1130. The highest BCUT2D eigenvalue weighted by Crippen LogP contribution is 2.29. The highest BCUT2D eigenvalue weighted by molar-refractivity contribution is 5.91. The first-order valence-corrected chi connectivity index (χ1v) is 10.4. The number of hydrogen-bond acceptors (Lipinski definition) is 4. The summed E-state index contributed by atoms with van der Waals surface area (Å²) in [5, 5.41) is 12.1. The first kappa shape index (κ1) is 19.8. The van der Waals surface area contributed by atoms with E-state index >= 15 is 0 Å². The molecule has 2 aromatic carbocycles. The lowest BCUT2D eigenvalue weighted by molar-refractivity contribution is 0.860. The van der Waals surface area contributed by atoms with E-state index in [0.717, 1.165) is 53.1 Å².